The van der Waals surface area contributed by atoms with Crippen LogP contribution in [0.4, 0.5) is 22.0 Å². The molecule has 180 valence electrons. The van der Waals surface area contributed by atoms with Gasteiger partial charge in [-0.25, -0.2) is 13.8 Å². The molecule has 2 unspecified atom stereocenters. The highest BCUT2D eigenvalue weighted by atomic mass is 32.1. The lowest BCUT2D eigenvalue weighted by Crippen LogP contribution is -2.32. The fourth-order valence-corrected chi connectivity index (χ4v) is 5.53. The average molecular weight is 497 g/mol. The van der Waals surface area contributed by atoms with Crippen molar-refractivity contribution >= 4 is 17.0 Å². The fraction of sp³-hybridized carbons (Fsp3) is 0.409. The lowest BCUT2D eigenvalue weighted by atomic mass is 9.88. The van der Waals surface area contributed by atoms with E-state index in [1.807, 2.05) is 0 Å². The van der Waals surface area contributed by atoms with E-state index in [0.29, 0.717) is 36.5 Å². The molecule has 2 aliphatic rings. The van der Waals surface area contributed by atoms with Crippen LogP contribution >= 0.6 is 11.3 Å². The Kier molecular flexibility index (Phi) is 5.88. The molecule has 4 heterocycles. The SMILES string of the molecule is Cc1[nH]nc(C(F)(F)F)c1C1CC(c2nc(C3=NO[C@@H](c4c(F)cccc4F)C3)cs2)CCN1. The molecular weight excluding hydrogens is 477 g/mol. The minimum atomic E-state index is -4.54. The van der Waals surface area contributed by atoms with Crippen molar-refractivity contribution in [2.75, 3.05) is 6.54 Å². The number of rotatable bonds is 4. The van der Waals surface area contributed by atoms with E-state index in [1.54, 1.807) is 12.3 Å². The van der Waals surface area contributed by atoms with E-state index in [9.17, 15) is 22.0 Å². The molecule has 12 heteroatoms. The lowest BCUT2D eigenvalue weighted by molar-refractivity contribution is -0.142. The Labute approximate surface area is 195 Å². The number of thiazole rings is 1. The van der Waals surface area contributed by atoms with E-state index >= 15 is 0 Å². The Morgan fingerprint density at radius 2 is 1.91 bits per heavy atom. The smallest absolute Gasteiger partial charge is 0.387 e. The number of hydrogen-bond acceptors (Lipinski definition) is 6. The average Bonchev–Trinajstić information content (AvgIpc) is 3.53. The minimum Gasteiger partial charge on any atom is -0.387 e. The van der Waals surface area contributed by atoms with Gasteiger partial charge in [-0.2, -0.15) is 18.3 Å². The van der Waals surface area contributed by atoms with Crippen molar-refractivity contribution in [1.29, 1.82) is 0 Å². The number of hydrogen-bond donors (Lipinski definition) is 2. The van der Waals surface area contributed by atoms with Crippen LogP contribution in [0.5, 0.6) is 0 Å². The quantitative estimate of drug-likeness (QED) is 0.464. The van der Waals surface area contributed by atoms with E-state index in [0.717, 1.165) is 5.01 Å². The van der Waals surface area contributed by atoms with E-state index in [4.69, 9.17) is 4.84 Å². The summed E-state index contributed by atoms with van der Waals surface area (Å²) in [7, 11) is 0. The van der Waals surface area contributed by atoms with Crippen molar-refractivity contribution in [1.82, 2.24) is 20.5 Å². The zero-order valence-electron chi connectivity index (χ0n) is 17.9. The van der Waals surface area contributed by atoms with Crippen LogP contribution in [0, 0.1) is 18.6 Å². The number of benzene rings is 1. The summed E-state index contributed by atoms with van der Waals surface area (Å²) in [5, 5.41) is 15.7. The third-order valence-corrected chi connectivity index (χ3v) is 7.18. The first-order valence-corrected chi connectivity index (χ1v) is 11.6. The molecule has 2 N–H and O–H groups in total. The van der Waals surface area contributed by atoms with Gasteiger partial charge in [-0.15, -0.1) is 11.3 Å². The van der Waals surface area contributed by atoms with Gasteiger partial charge in [0.1, 0.15) is 17.3 Å². The molecule has 6 nitrogen and oxygen atoms in total. The predicted molar refractivity (Wildman–Crippen MR) is 114 cm³/mol. The second kappa shape index (κ2) is 8.73. The molecule has 1 aromatic carbocycles. The van der Waals surface area contributed by atoms with Gasteiger partial charge in [0.15, 0.2) is 11.8 Å². The molecule has 5 rings (SSSR count). The number of oxime groups is 1. The topological polar surface area (TPSA) is 75.2 Å². The number of alkyl halides is 3. The lowest BCUT2D eigenvalue weighted by Gasteiger charge is -2.30. The standard InChI is InChI=1S/C22H20F5N5OS/c1-10-18(20(31-30-10)22(25,26)27)15-7-11(5-6-28-15)21-29-16(9-34-21)14-8-17(33-32-14)19-12(23)3-2-4-13(19)24/h2-4,9,11,15,17,28H,5-8H2,1H3,(H,30,31)/t11?,15?,17-/m1/s1. The summed E-state index contributed by atoms with van der Waals surface area (Å²) in [6, 6.07) is 3.11. The summed E-state index contributed by atoms with van der Waals surface area (Å²) < 4.78 is 68.5. The van der Waals surface area contributed by atoms with Crippen molar-refractivity contribution < 1.29 is 26.8 Å². The molecule has 3 atom stereocenters. The summed E-state index contributed by atoms with van der Waals surface area (Å²) in [5.41, 5.74) is 0.475. The number of nitrogens with one attached hydrogen (secondary N) is 2. The second-order valence-corrected chi connectivity index (χ2v) is 9.27. The summed E-state index contributed by atoms with van der Waals surface area (Å²) in [5.74, 6) is -1.45. The molecule has 0 spiro atoms. The molecular formula is C22H20F5N5OS. The highest BCUT2D eigenvalue weighted by molar-refractivity contribution is 7.10. The van der Waals surface area contributed by atoms with Gasteiger partial charge >= 0.3 is 6.18 Å². The summed E-state index contributed by atoms with van der Waals surface area (Å²) in [6.45, 7) is 2.11. The third kappa shape index (κ3) is 4.20. The third-order valence-electron chi connectivity index (χ3n) is 6.17. The van der Waals surface area contributed by atoms with Gasteiger partial charge in [0.25, 0.3) is 0 Å². The van der Waals surface area contributed by atoms with E-state index < -0.39 is 35.7 Å². The van der Waals surface area contributed by atoms with Gasteiger partial charge in [-0.1, -0.05) is 11.2 Å². The van der Waals surface area contributed by atoms with Crippen molar-refractivity contribution in [3.05, 3.63) is 68.4 Å². The highest BCUT2D eigenvalue weighted by Gasteiger charge is 2.41. The first kappa shape index (κ1) is 22.9. The van der Waals surface area contributed by atoms with Gasteiger partial charge < -0.3 is 10.2 Å². The molecule has 0 aliphatic carbocycles. The number of piperidine rings is 1. The monoisotopic (exact) mass is 497 g/mol. The normalized spacial score (nSPS) is 23.1. The number of aromatic nitrogens is 3. The van der Waals surface area contributed by atoms with Crippen molar-refractivity contribution in [2.45, 2.75) is 50.4 Å². The van der Waals surface area contributed by atoms with Crippen LogP contribution in [-0.4, -0.2) is 27.4 Å². The van der Waals surface area contributed by atoms with E-state index in [1.165, 1.54) is 29.5 Å². The second-order valence-electron chi connectivity index (χ2n) is 8.38. The molecule has 1 saturated heterocycles. The Bertz CT molecular complexity index is 1220. The number of nitrogens with zero attached hydrogens (tertiary/aromatic N) is 3. The summed E-state index contributed by atoms with van der Waals surface area (Å²) >= 11 is 1.39. The Hall–Kier alpha value is -2.86. The maximum atomic E-state index is 14.1. The number of aromatic amines is 1. The molecule has 0 saturated carbocycles. The summed E-state index contributed by atoms with van der Waals surface area (Å²) in [4.78, 5) is 9.94. The fourth-order valence-electron chi connectivity index (χ4n) is 4.55. The number of halogens is 5. The van der Waals surface area contributed by atoms with Crippen LogP contribution in [0.15, 0.2) is 28.7 Å². The Morgan fingerprint density at radius 1 is 1.15 bits per heavy atom. The summed E-state index contributed by atoms with van der Waals surface area (Å²) in [6.07, 6.45) is -4.11. The minimum absolute atomic E-state index is 0.0527. The molecule has 0 radical (unpaired) electrons. The van der Waals surface area contributed by atoms with Crippen molar-refractivity contribution in [2.24, 2.45) is 5.16 Å². The molecule has 3 aromatic rings. The van der Waals surface area contributed by atoms with Gasteiger partial charge in [-0.05, 0) is 38.4 Å². The van der Waals surface area contributed by atoms with Crippen LogP contribution in [0.1, 0.15) is 70.5 Å². The van der Waals surface area contributed by atoms with Crippen molar-refractivity contribution in [3.63, 3.8) is 0 Å². The maximum absolute atomic E-state index is 14.1. The van der Waals surface area contributed by atoms with E-state index in [-0.39, 0.29) is 23.5 Å². The van der Waals surface area contributed by atoms with Gasteiger partial charge in [-0.3, -0.25) is 5.10 Å². The first-order chi connectivity index (χ1) is 16.2. The first-order valence-electron chi connectivity index (χ1n) is 10.7. The van der Waals surface area contributed by atoms with Crippen LogP contribution in [0.25, 0.3) is 0 Å². The zero-order valence-corrected chi connectivity index (χ0v) is 18.7. The van der Waals surface area contributed by atoms with Gasteiger partial charge in [0.05, 0.1) is 16.3 Å². The Morgan fingerprint density at radius 3 is 2.65 bits per heavy atom. The van der Waals surface area contributed by atoms with Crippen LogP contribution in [0.3, 0.4) is 0 Å². The van der Waals surface area contributed by atoms with Crippen LogP contribution in [0.2, 0.25) is 0 Å². The molecule has 0 bridgehead atoms. The Balaban J connectivity index is 1.32. The van der Waals surface area contributed by atoms with Crippen molar-refractivity contribution in [3.8, 4) is 0 Å². The number of aryl methyl sites for hydroxylation is 1. The molecule has 2 aromatic heterocycles. The maximum Gasteiger partial charge on any atom is 0.435 e. The molecule has 1 fully saturated rings. The van der Waals surface area contributed by atoms with E-state index in [2.05, 4.69) is 25.7 Å². The molecule has 2 aliphatic heterocycles. The zero-order chi connectivity index (χ0) is 24.0. The highest BCUT2D eigenvalue weighted by Crippen LogP contribution is 2.41. The molecule has 0 amide bonds. The van der Waals surface area contributed by atoms with Gasteiger partial charge in [0, 0.05) is 35.0 Å². The van der Waals surface area contributed by atoms with Crippen LogP contribution in [-0.2, 0) is 11.0 Å². The largest absolute Gasteiger partial charge is 0.435 e. The number of H-pyrrole nitrogens is 1. The molecule has 34 heavy (non-hydrogen) atoms. The predicted octanol–water partition coefficient (Wildman–Crippen LogP) is 5.55. The van der Waals surface area contributed by atoms with Gasteiger partial charge in [0.2, 0.25) is 0 Å². The van der Waals surface area contributed by atoms with Crippen LogP contribution < -0.4 is 5.32 Å².